The van der Waals surface area contributed by atoms with E-state index in [1.165, 1.54) is 0 Å². The molecule has 0 fully saturated rings. The lowest BCUT2D eigenvalue weighted by Gasteiger charge is -2.07. The molecule has 0 saturated carbocycles. The van der Waals surface area contributed by atoms with Crippen molar-refractivity contribution in [2.45, 2.75) is 26.8 Å². The Morgan fingerprint density at radius 3 is 2.83 bits per heavy atom. The molecule has 0 amide bonds. The number of aromatic nitrogens is 2. The van der Waals surface area contributed by atoms with Gasteiger partial charge >= 0.3 is 5.97 Å². The number of hydrogen-bond acceptors (Lipinski definition) is 5. The van der Waals surface area contributed by atoms with Crippen molar-refractivity contribution < 1.29 is 9.63 Å². The molecule has 1 heterocycles. The molecule has 2 aromatic rings. The monoisotopic (exact) mass is 379 g/mol. The van der Waals surface area contributed by atoms with Crippen LogP contribution in [0.3, 0.4) is 0 Å². The minimum atomic E-state index is -0.486. The van der Waals surface area contributed by atoms with Gasteiger partial charge in [0.2, 0.25) is 0 Å². The molecule has 1 aromatic carbocycles. The summed E-state index contributed by atoms with van der Waals surface area (Å²) < 4.78 is 2.60. The summed E-state index contributed by atoms with van der Waals surface area (Å²) in [7, 11) is 0. The third kappa shape index (κ3) is 4.10. The summed E-state index contributed by atoms with van der Waals surface area (Å²) in [6.45, 7) is 4.14. The number of nitrogens with zero attached hydrogens (tertiary/aromatic N) is 3. The summed E-state index contributed by atoms with van der Waals surface area (Å²) >= 11 is 3.36. The largest absolute Gasteiger partial charge is 0.398 e. The number of halogens is 1. The summed E-state index contributed by atoms with van der Waals surface area (Å²) in [5, 5.41) is 7.83. The molecule has 0 aliphatic carbocycles. The van der Waals surface area contributed by atoms with Crippen molar-refractivity contribution in [3.8, 4) is 0 Å². The zero-order valence-corrected chi connectivity index (χ0v) is 14.5. The average Bonchev–Trinajstić information content (AvgIpc) is 2.85. The van der Waals surface area contributed by atoms with Crippen molar-refractivity contribution >= 4 is 33.4 Å². The summed E-state index contributed by atoms with van der Waals surface area (Å²) in [5.41, 5.74) is 14.6. The number of rotatable bonds is 5. The fourth-order valence-corrected chi connectivity index (χ4v) is 2.27. The predicted molar refractivity (Wildman–Crippen MR) is 91.7 cm³/mol. The van der Waals surface area contributed by atoms with Gasteiger partial charge in [0, 0.05) is 16.9 Å². The van der Waals surface area contributed by atoms with Gasteiger partial charge in [-0.1, -0.05) is 17.3 Å². The number of carbonyl (C=O) groups is 1. The molecule has 0 unspecified atom stereocenters. The first-order chi connectivity index (χ1) is 10.9. The first-order valence-corrected chi connectivity index (χ1v) is 7.76. The van der Waals surface area contributed by atoms with Gasteiger partial charge in [-0.2, -0.15) is 5.10 Å². The lowest BCUT2D eigenvalue weighted by Crippen LogP contribution is -2.17. The van der Waals surface area contributed by atoms with Gasteiger partial charge in [0.1, 0.15) is 0 Å². The smallest absolute Gasteiger partial charge is 0.336 e. The molecule has 122 valence electrons. The molecule has 0 saturated heterocycles. The van der Waals surface area contributed by atoms with E-state index in [0.717, 1.165) is 15.7 Å². The van der Waals surface area contributed by atoms with Crippen LogP contribution in [0.25, 0.3) is 0 Å². The Labute approximate surface area is 142 Å². The van der Waals surface area contributed by atoms with E-state index in [4.69, 9.17) is 16.3 Å². The Bertz CT molecular complexity index is 754. The molecule has 1 aromatic heterocycles. The number of benzene rings is 1. The van der Waals surface area contributed by atoms with Crippen LogP contribution in [0.5, 0.6) is 0 Å². The standard InChI is InChI=1S/C15H18BrN5O2/c1-9-11(4-3-5-13(9)17)15(18)20-23-14(22)6-7-21-10(2)12(16)8-19-21/h3-5,8H,6-7,17H2,1-2H3,(H2,18,20). The number of nitrogens with two attached hydrogens (primary N) is 2. The number of aryl methyl sites for hydroxylation is 1. The molecule has 0 aliphatic rings. The van der Waals surface area contributed by atoms with Crippen LogP contribution in [-0.4, -0.2) is 21.6 Å². The van der Waals surface area contributed by atoms with Crippen molar-refractivity contribution in [3.63, 3.8) is 0 Å². The molecule has 2 rings (SSSR count). The van der Waals surface area contributed by atoms with E-state index in [0.29, 0.717) is 17.8 Å². The van der Waals surface area contributed by atoms with E-state index in [1.807, 2.05) is 13.8 Å². The third-order valence-electron chi connectivity index (χ3n) is 3.47. The van der Waals surface area contributed by atoms with Crippen LogP contribution in [0, 0.1) is 13.8 Å². The maximum atomic E-state index is 11.8. The van der Waals surface area contributed by atoms with Crippen molar-refractivity contribution in [1.82, 2.24) is 9.78 Å². The third-order valence-corrected chi connectivity index (χ3v) is 4.25. The Balaban J connectivity index is 1.95. The van der Waals surface area contributed by atoms with Gasteiger partial charge in [-0.05, 0) is 41.4 Å². The first kappa shape index (κ1) is 17.0. The van der Waals surface area contributed by atoms with E-state index in [-0.39, 0.29) is 12.3 Å². The molecule has 0 radical (unpaired) electrons. The Morgan fingerprint density at radius 2 is 2.17 bits per heavy atom. The van der Waals surface area contributed by atoms with Crippen molar-refractivity contribution in [3.05, 3.63) is 45.7 Å². The van der Waals surface area contributed by atoms with Crippen LogP contribution in [0.4, 0.5) is 5.69 Å². The van der Waals surface area contributed by atoms with E-state index in [1.54, 1.807) is 29.1 Å². The van der Waals surface area contributed by atoms with E-state index >= 15 is 0 Å². The van der Waals surface area contributed by atoms with Crippen molar-refractivity contribution in [1.29, 1.82) is 0 Å². The predicted octanol–water partition coefficient (Wildman–Crippen LogP) is 2.10. The highest BCUT2D eigenvalue weighted by Gasteiger charge is 2.10. The summed E-state index contributed by atoms with van der Waals surface area (Å²) in [5.74, 6) is -0.373. The zero-order chi connectivity index (χ0) is 17.0. The minimum Gasteiger partial charge on any atom is -0.398 e. The lowest BCUT2D eigenvalue weighted by molar-refractivity contribution is -0.144. The normalized spacial score (nSPS) is 11.5. The minimum absolute atomic E-state index is 0.112. The maximum absolute atomic E-state index is 11.8. The highest BCUT2D eigenvalue weighted by Crippen LogP contribution is 2.16. The number of amidine groups is 1. The summed E-state index contributed by atoms with van der Waals surface area (Å²) in [6, 6.07) is 5.30. The van der Waals surface area contributed by atoms with Gasteiger partial charge in [-0.15, -0.1) is 0 Å². The highest BCUT2D eigenvalue weighted by molar-refractivity contribution is 9.10. The van der Waals surface area contributed by atoms with Crippen LogP contribution >= 0.6 is 15.9 Å². The molecule has 7 nitrogen and oxygen atoms in total. The number of anilines is 1. The van der Waals surface area contributed by atoms with E-state index < -0.39 is 5.97 Å². The van der Waals surface area contributed by atoms with Crippen molar-refractivity contribution in [2.75, 3.05) is 5.73 Å². The number of carbonyl (C=O) groups excluding carboxylic acids is 1. The van der Waals surface area contributed by atoms with E-state index in [2.05, 4.69) is 26.2 Å². The summed E-state index contributed by atoms with van der Waals surface area (Å²) in [6.07, 6.45) is 1.82. The lowest BCUT2D eigenvalue weighted by atomic mass is 10.1. The molecular formula is C15H18BrN5O2. The zero-order valence-electron chi connectivity index (χ0n) is 12.9. The molecule has 23 heavy (non-hydrogen) atoms. The molecule has 0 spiro atoms. The maximum Gasteiger partial charge on any atom is 0.336 e. The van der Waals surface area contributed by atoms with E-state index in [9.17, 15) is 4.79 Å². The Morgan fingerprint density at radius 1 is 1.43 bits per heavy atom. The number of hydrogen-bond donors (Lipinski definition) is 2. The second kappa shape index (κ2) is 7.28. The van der Waals surface area contributed by atoms with Gasteiger partial charge < -0.3 is 16.3 Å². The molecule has 4 N–H and O–H groups in total. The SMILES string of the molecule is Cc1c(N)cccc1/C(N)=N/OC(=O)CCn1ncc(Br)c1C. The molecule has 0 atom stereocenters. The molecule has 0 aliphatic heterocycles. The van der Waals surface area contributed by atoms with Gasteiger partial charge in [-0.25, -0.2) is 4.79 Å². The molecular weight excluding hydrogens is 362 g/mol. The fourth-order valence-electron chi connectivity index (χ4n) is 1.97. The number of nitrogen functional groups attached to an aromatic ring is 1. The Kier molecular flexibility index (Phi) is 5.38. The van der Waals surface area contributed by atoms with Crippen molar-refractivity contribution in [2.24, 2.45) is 10.9 Å². The number of oxime groups is 1. The summed E-state index contributed by atoms with van der Waals surface area (Å²) in [4.78, 5) is 16.6. The highest BCUT2D eigenvalue weighted by atomic mass is 79.9. The van der Waals surface area contributed by atoms with Crippen LogP contribution < -0.4 is 11.5 Å². The van der Waals surface area contributed by atoms with Gasteiger partial charge in [-0.3, -0.25) is 4.68 Å². The van der Waals surface area contributed by atoms with Gasteiger partial charge in [0.25, 0.3) is 0 Å². The molecule has 0 bridgehead atoms. The van der Waals surface area contributed by atoms with Crippen LogP contribution in [0.2, 0.25) is 0 Å². The quantitative estimate of drug-likeness (QED) is 0.272. The Hall–Kier alpha value is -2.35. The van der Waals surface area contributed by atoms with Crippen LogP contribution in [0.1, 0.15) is 23.2 Å². The van der Waals surface area contributed by atoms with Gasteiger partial charge in [0.15, 0.2) is 5.84 Å². The first-order valence-electron chi connectivity index (χ1n) is 6.97. The van der Waals surface area contributed by atoms with Crippen LogP contribution in [0.15, 0.2) is 34.0 Å². The van der Waals surface area contributed by atoms with Gasteiger partial charge in [0.05, 0.1) is 23.6 Å². The fraction of sp³-hybridized carbons (Fsp3) is 0.267. The second-order valence-corrected chi connectivity index (χ2v) is 5.87. The second-order valence-electron chi connectivity index (χ2n) is 5.01. The van der Waals surface area contributed by atoms with Crippen LogP contribution in [-0.2, 0) is 16.2 Å². The molecule has 8 heteroatoms. The average molecular weight is 380 g/mol. The topological polar surface area (TPSA) is 109 Å².